The summed E-state index contributed by atoms with van der Waals surface area (Å²) in [6.45, 7) is 4.98. The zero-order valence-electron chi connectivity index (χ0n) is 18.3. The summed E-state index contributed by atoms with van der Waals surface area (Å²) in [5.41, 5.74) is 5.59. The molecule has 3 aromatic rings. The normalized spacial score (nSPS) is 14.9. The number of carbonyl (C=O) groups excluding carboxylic acids is 1. The number of carbonyl (C=O) groups is 1. The third kappa shape index (κ3) is 5.53. The van der Waals surface area contributed by atoms with Crippen LogP contribution in [0.1, 0.15) is 24.0 Å². The van der Waals surface area contributed by atoms with Crippen molar-refractivity contribution in [3.63, 3.8) is 0 Å². The molecule has 4 heteroatoms. The number of anilines is 1. The van der Waals surface area contributed by atoms with Crippen LogP contribution in [0.5, 0.6) is 5.75 Å². The van der Waals surface area contributed by atoms with Crippen LogP contribution < -0.4 is 10.1 Å². The Morgan fingerprint density at radius 1 is 0.968 bits per heavy atom. The van der Waals surface area contributed by atoms with E-state index in [1.54, 1.807) is 7.11 Å². The number of hydrogen-bond acceptors (Lipinski definition) is 3. The van der Waals surface area contributed by atoms with E-state index in [1.807, 2.05) is 48.5 Å². The van der Waals surface area contributed by atoms with Crippen LogP contribution in [0.4, 0.5) is 5.69 Å². The van der Waals surface area contributed by atoms with Crippen LogP contribution >= 0.6 is 0 Å². The first-order valence-corrected chi connectivity index (χ1v) is 10.9. The predicted molar refractivity (Wildman–Crippen MR) is 126 cm³/mol. The molecule has 0 saturated carbocycles. The van der Waals surface area contributed by atoms with E-state index < -0.39 is 0 Å². The van der Waals surface area contributed by atoms with Gasteiger partial charge in [-0.25, -0.2) is 0 Å². The van der Waals surface area contributed by atoms with E-state index in [-0.39, 0.29) is 11.8 Å². The molecule has 1 amide bonds. The van der Waals surface area contributed by atoms with E-state index in [2.05, 4.69) is 41.4 Å². The fraction of sp³-hybridized carbons (Fsp3) is 0.296. The predicted octanol–water partition coefficient (Wildman–Crippen LogP) is 5.52. The van der Waals surface area contributed by atoms with E-state index in [9.17, 15) is 4.79 Å². The van der Waals surface area contributed by atoms with E-state index in [4.69, 9.17) is 4.74 Å². The van der Waals surface area contributed by atoms with E-state index in [0.717, 1.165) is 55.0 Å². The van der Waals surface area contributed by atoms with Gasteiger partial charge in [0.25, 0.3) is 0 Å². The second-order valence-corrected chi connectivity index (χ2v) is 8.34. The molecule has 1 N–H and O–H groups in total. The number of ether oxygens (including phenoxy) is 1. The highest BCUT2D eigenvalue weighted by atomic mass is 16.5. The third-order valence-corrected chi connectivity index (χ3v) is 6.02. The van der Waals surface area contributed by atoms with Gasteiger partial charge in [0.15, 0.2) is 0 Å². The van der Waals surface area contributed by atoms with Gasteiger partial charge in [0.2, 0.25) is 5.91 Å². The van der Waals surface area contributed by atoms with Crippen molar-refractivity contribution in [3.8, 4) is 16.9 Å². The highest BCUT2D eigenvalue weighted by molar-refractivity contribution is 5.93. The zero-order valence-corrected chi connectivity index (χ0v) is 18.3. The average molecular weight is 415 g/mol. The van der Waals surface area contributed by atoms with Crippen LogP contribution in [0.25, 0.3) is 11.1 Å². The summed E-state index contributed by atoms with van der Waals surface area (Å²) >= 11 is 0. The molecule has 160 valence electrons. The molecule has 0 radical (unpaired) electrons. The van der Waals surface area contributed by atoms with Crippen molar-refractivity contribution in [3.05, 3.63) is 83.9 Å². The largest absolute Gasteiger partial charge is 0.497 e. The van der Waals surface area contributed by atoms with Gasteiger partial charge in [-0.15, -0.1) is 0 Å². The Bertz CT molecular complexity index is 1020. The molecule has 1 fully saturated rings. The van der Waals surface area contributed by atoms with Crippen molar-refractivity contribution < 1.29 is 9.53 Å². The lowest BCUT2D eigenvalue weighted by atomic mass is 9.95. The summed E-state index contributed by atoms with van der Waals surface area (Å²) in [4.78, 5) is 15.3. The number of nitrogens with one attached hydrogen (secondary N) is 1. The molecule has 0 spiro atoms. The Morgan fingerprint density at radius 2 is 1.65 bits per heavy atom. The summed E-state index contributed by atoms with van der Waals surface area (Å²) in [6.07, 6.45) is 1.79. The van der Waals surface area contributed by atoms with Gasteiger partial charge in [-0.3, -0.25) is 9.69 Å². The second-order valence-electron chi connectivity index (χ2n) is 8.34. The summed E-state index contributed by atoms with van der Waals surface area (Å²) in [6, 6.07) is 24.7. The molecule has 0 bridgehead atoms. The van der Waals surface area contributed by atoms with E-state index in [1.165, 1.54) is 11.1 Å². The van der Waals surface area contributed by atoms with Crippen LogP contribution in [-0.2, 0) is 11.3 Å². The fourth-order valence-electron chi connectivity index (χ4n) is 4.13. The van der Waals surface area contributed by atoms with E-state index in [0.29, 0.717) is 0 Å². The Hall–Kier alpha value is -3.11. The number of amides is 1. The monoisotopic (exact) mass is 414 g/mol. The van der Waals surface area contributed by atoms with Gasteiger partial charge in [0.1, 0.15) is 5.75 Å². The van der Waals surface area contributed by atoms with Crippen molar-refractivity contribution in [2.75, 3.05) is 25.5 Å². The summed E-state index contributed by atoms with van der Waals surface area (Å²) in [7, 11) is 1.67. The smallest absolute Gasteiger partial charge is 0.227 e. The molecule has 1 heterocycles. The first-order valence-electron chi connectivity index (χ1n) is 10.9. The minimum atomic E-state index is 0.0646. The summed E-state index contributed by atoms with van der Waals surface area (Å²) in [5.74, 6) is 1.01. The molecule has 0 unspecified atom stereocenters. The molecular weight excluding hydrogens is 384 g/mol. The van der Waals surface area contributed by atoms with E-state index >= 15 is 0 Å². The minimum Gasteiger partial charge on any atom is -0.497 e. The quantitative estimate of drug-likeness (QED) is 0.577. The maximum atomic E-state index is 12.9. The highest BCUT2D eigenvalue weighted by Crippen LogP contribution is 2.27. The molecule has 0 aliphatic carbocycles. The molecule has 0 aromatic heterocycles. The van der Waals surface area contributed by atoms with Gasteiger partial charge in [-0.05, 0) is 73.8 Å². The van der Waals surface area contributed by atoms with Crippen LogP contribution in [0.15, 0.2) is 72.8 Å². The Balaban J connectivity index is 1.33. The van der Waals surface area contributed by atoms with Gasteiger partial charge in [0, 0.05) is 18.2 Å². The first kappa shape index (κ1) is 21.1. The van der Waals surface area contributed by atoms with Crippen molar-refractivity contribution >= 4 is 11.6 Å². The minimum absolute atomic E-state index is 0.0646. The molecule has 1 saturated heterocycles. The van der Waals surface area contributed by atoms with Crippen LogP contribution in [0.2, 0.25) is 0 Å². The first-order chi connectivity index (χ1) is 15.1. The third-order valence-electron chi connectivity index (χ3n) is 6.02. The number of hydrogen-bond donors (Lipinski definition) is 1. The zero-order chi connectivity index (χ0) is 21.6. The van der Waals surface area contributed by atoms with Crippen LogP contribution in [0.3, 0.4) is 0 Å². The molecular formula is C27H30N2O2. The van der Waals surface area contributed by atoms with Crippen molar-refractivity contribution in [2.45, 2.75) is 26.3 Å². The van der Waals surface area contributed by atoms with Crippen LogP contribution in [-0.4, -0.2) is 31.0 Å². The van der Waals surface area contributed by atoms with Gasteiger partial charge >= 0.3 is 0 Å². The number of rotatable bonds is 6. The summed E-state index contributed by atoms with van der Waals surface area (Å²) < 4.78 is 5.33. The lowest BCUT2D eigenvalue weighted by Crippen LogP contribution is -2.37. The molecule has 0 atom stereocenters. The molecule has 31 heavy (non-hydrogen) atoms. The topological polar surface area (TPSA) is 41.6 Å². The van der Waals surface area contributed by atoms with Gasteiger partial charge in [0.05, 0.1) is 7.11 Å². The Kier molecular flexibility index (Phi) is 6.68. The molecule has 4 rings (SSSR count). The average Bonchev–Trinajstić information content (AvgIpc) is 2.81. The van der Waals surface area contributed by atoms with Crippen molar-refractivity contribution in [2.24, 2.45) is 5.92 Å². The van der Waals surface area contributed by atoms with Crippen molar-refractivity contribution in [1.29, 1.82) is 0 Å². The van der Waals surface area contributed by atoms with Gasteiger partial charge in [-0.2, -0.15) is 0 Å². The number of nitrogens with zero attached hydrogens (tertiary/aromatic N) is 1. The lowest BCUT2D eigenvalue weighted by Gasteiger charge is -2.31. The number of aryl methyl sites for hydroxylation is 1. The van der Waals surface area contributed by atoms with Gasteiger partial charge in [-0.1, -0.05) is 54.1 Å². The molecule has 4 nitrogen and oxygen atoms in total. The fourth-order valence-corrected chi connectivity index (χ4v) is 4.13. The number of likely N-dealkylation sites (tertiary alicyclic amines) is 1. The Morgan fingerprint density at radius 3 is 2.35 bits per heavy atom. The van der Waals surface area contributed by atoms with Crippen molar-refractivity contribution in [1.82, 2.24) is 4.90 Å². The summed E-state index contributed by atoms with van der Waals surface area (Å²) in [5, 5.41) is 3.13. The lowest BCUT2D eigenvalue weighted by molar-refractivity contribution is -0.121. The number of benzene rings is 3. The second kappa shape index (κ2) is 9.80. The maximum absolute atomic E-state index is 12.9. The standard InChI is InChI=1S/C27H30N2O2/c1-20-9-11-21(12-10-20)19-29-15-13-22(14-16-29)27(30)28-25-7-3-5-23(17-25)24-6-4-8-26(18-24)31-2/h3-12,17-18,22H,13-16,19H2,1-2H3,(H,28,30). The highest BCUT2D eigenvalue weighted by Gasteiger charge is 2.25. The van der Waals surface area contributed by atoms with Crippen LogP contribution in [0, 0.1) is 12.8 Å². The SMILES string of the molecule is COc1cccc(-c2cccc(NC(=O)C3CCN(Cc4ccc(C)cc4)CC3)c2)c1. The Labute approximate surface area is 184 Å². The molecule has 3 aromatic carbocycles. The molecule has 1 aliphatic heterocycles. The number of methoxy groups -OCH3 is 1. The molecule has 1 aliphatic rings. The maximum Gasteiger partial charge on any atom is 0.227 e. The van der Waals surface area contributed by atoms with Gasteiger partial charge < -0.3 is 10.1 Å². The number of piperidine rings is 1.